The zero-order chi connectivity index (χ0) is 25.2. The molecule has 1 atom stereocenters. The first-order valence-corrected chi connectivity index (χ1v) is 13.5. The Hall–Kier alpha value is -2.62. The molecule has 0 saturated carbocycles. The molecule has 35 heavy (non-hydrogen) atoms. The van der Waals surface area contributed by atoms with E-state index in [0.717, 1.165) is 22.5 Å². The molecule has 186 valence electrons. The normalized spacial score (nSPS) is 16.2. The zero-order valence-electron chi connectivity index (χ0n) is 20.8. The van der Waals surface area contributed by atoms with Crippen LogP contribution in [0.2, 0.25) is 0 Å². The van der Waals surface area contributed by atoms with Crippen molar-refractivity contribution in [2.75, 3.05) is 37.5 Å². The Kier molecular flexibility index (Phi) is 7.68. The van der Waals surface area contributed by atoms with Crippen LogP contribution in [0.3, 0.4) is 0 Å². The quantitative estimate of drug-likeness (QED) is 0.473. The average Bonchev–Trinajstić information content (AvgIpc) is 3.45. The smallest absolute Gasteiger partial charge is 0.240 e. The second-order valence-corrected chi connectivity index (χ2v) is 11.7. The summed E-state index contributed by atoms with van der Waals surface area (Å²) in [4.78, 5) is 29.2. The number of carbonyl (C=O) groups is 2. The Morgan fingerprint density at radius 3 is 2.60 bits per heavy atom. The van der Waals surface area contributed by atoms with E-state index in [9.17, 15) is 9.59 Å². The van der Waals surface area contributed by atoms with E-state index in [1.54, 1.807) is 35.1 Å². The van der Waals surface area contributed by atoms with E-state index in [-0.39, 0.29) is 34.8 Å². The monoisotopic (exact) mass is 512 g/mol. The van der Waals surface area contributed by atoms with Crippen LogP contribution >= 0.6 is 23.1 Å². The van der Waals surface area contributed by atoms with Crippen LogP contribution in [0.25, 0.3) is 5.69 Å². The van der Waals surface area contributed by atoms with Gasteiger partial charge in [-0.1, -0.05) is 44.5 Å². The third-order valence-corrected chi connectivity index (χ3v) is 8.13. The van der Waals surface area contributed by atoms with Crippen LogP contribution in [0.15, 0.2) is 41.8 Å². The van der Waals surface area contributed by atoms with Crippen LogP contribution in [0.4, 0.5) is 5.82 Å². The summed E-state index contributed by atoms with van der Waals surface area (Å²) in [7, 11) is 1.59. The molecule has 0 bridgehead atoms. The summed E-state index contributed by atoms with van der Waals surface area (Å²) in [5, 5.41) is 9.96. The molecule has 2 aromatic heterocycles. The largest absolute Gasteiger partial charge is 0.383 e. The van der Waals surface area contributed by atoms with Gasteiger partial charge in [-0.25, -0.2) is 4.68 Å². The first-order valence-electron chi connectivity index (χ1n) is 11.6. The van der Waals surface area contributed by atoms with Gasteiger partial charge in [-0.3, -0.25) is 14.5 Å². The minimum Gasteiger partial charge on any atom is -0.383 e. The average molecular weight is 513 g/mol. The number of ether oxygens (including phenoxy) is 1. The second-order valence-electron chi connectivity index (χ2n) is 9.61. The molecule has 1 aliphatic rings. The predicted molar refractivity (Wildman–Crippen MR) is 143 cm³/mol. The minimum absolute atomic E-state index is 0.0519. The Balaban J connectivity index is 1.92. The maximum absolute atomic E-state index is 13.5. The van der Waals surface area contributed by atoms with Crippen molar-refractivity contribution < 1.29 is 14.3 Å². The third-order valence-electron chi connectivity index (χ3n) is 5.81. The predicted octanol–water partition coefficient (Wildman–Crippen LogP) is 4.47. The van der Waals surface area contributed by atoms with Gasteiger partial charge in [-0.05, 0) is 30.5 Å². The Morgan fingerprint density at radius 1 is 1.23 bits per heavy atom. The molecule has 0 aliphatic carbocycles. The summed E-state index contributed by atoms with van der Waals surface area (Å²) in [5.41, 5.74) is 3.66. The summed E-state index contributed by atoms with van der Waals surface area (Å²) >= 11 is 3.28. The van der Waals surface area contributed by atoms with Gasteiger partial charge in [0.05, 0.1) is 29.0 Å². The fraction of sp³-hybridized carbons (Fsp3) is 0.423. The highest BCUT2D eigenvalue weighted by atomic mass is 32.2. The fourth-order valence-electron chi connectivity index (χ4n) is 4.10. The van der Waals surface area contributed by atoms with Crippen molar-refractivity contribution in [3.8, 4) is 5.69 Å². The van der Waals surface area contributed by atoms with E-state index in [4.69, 9.17) is 9.84 Å². The Morgan fingerprint density at radius 2 is 1.97 bits per heavy atom. The summed E-state index contributed by atoms with van der Waals surface area (Å²) in [5.74, 6) is 0.620. The number of hydrogen-bond acceptors (Lipinski definition) is 6. The summed E-state index contributed by atoms with van der Waals surface area (Å²) in [6.45, 7) is 9.18. The number of carbonyl (C=O) groups excluding carboxylic acids is 2. The number of nitrogens with one attached hydrogen (secondary N) is 1. The summed E-state index contributed by atoms with van der Waals surface area (Å²) in [6, 6.07) is 12.2. The van der Waals surface area contributed by atoms with Crippen molar-refractivity contribution in [2.45, 2.75) is 38.4 Å². The molecule has 0 saturated heterocycles. The molecule has 4 rings (SSSR count). The number of rotatable bonds is 7. The highest BCUT2D eigenvalue weighted by molar-refractivity contribution is 8.00. The molecule has 2 amide bonds. The molecule has 1 aliphatic heterocycles. The minimum atomic E-state index is -0.268. The molecule has 0 fully saturated rings. The van der Waals surface area contributed by atoms with Crippen molar-refractivity contribution in [1.82, 2.24) is 15.1 Å². The number of fused-ring (bicyclic) bond motifs is 1. The molecule has 0 unspecified atom stereocenters. The lowest BCUT2D eigenvalue weighted by Gasteiger charge is -2.24. The van der Waals surface area contributed by atoms with Gasteiger partial charge >= 0.3 is 0 Å². The van der Waals surface area contributed by atoms with E-state index >= 15 is 0 Å². The van der Waals surface area contributed by atoms with Gasteiger partial charge in [0.2, 0.25) is 11.8 Å². The number of thioether (sulfide) groups is 1. The van der Waals surface area contributed by atoms with Crippen molar-refractivity contribution in [3.05, 3.63) is 63.5 Å². The lowest BCUT2D eigenvalue weighted by Crippen LogP contribution is -2.43. The molecule has 3 heterocycles. The molecular formula is C26H32N4O3S2. The van der Waals surface area contributed by atoms with Crippen molar-refractivity contribution >= 4 is 40.7 Å². The van der Waals surface area contributed by atoms with Crippen LogP contribution in [-0.4, -0.2) is 54.2 Å². The Bertz CT molecular complexity index is 1180. The van der Waals surface area contributed by atoms with E-state index in [2.05, 4.69) is 37.5 Å². The second kappa shape index (κ2) is 10.6. The maximum Gasteiger partial charge on any atom is 0.240 e. The lowest BCUT2D eigenvalue weighted by atomic mass is 9.88. The van der Waals surface area contributed by atoms with Crippen molar-refractivity contribution in [2.24, 2.45) is 0 Å². The molecule has 9 heteroatoms. The van der Waals surface area contributed by atoms with Crippen LogP contribution in [0.5, 0.6) is 0 Å². The molecule has 0 spiro atoms. The van der Waals surface area contributed by atoms with E-state index in [1.165, 1.54) is 4.88 Å². The molecule has 7 nitrogen and oxygen atoms in total. The van der Waals surface area contributed by atoms with Crippen LogP contribution in [0.1, 0.15) is 47.7 Å². The van der Waals surface area contributed by atoms with E-state index < -0.39 is 0 Å². The number of nitrogens with zero attached hydrogens (tertiary/aromatic N) is 3. The van der Waals surface area contributed by atoms with Crippen molar-refractivity contribution in [1.29, 1.82) is 0 Å². The molecule has 1 N–H and O–H groups in total. The van der Waals surface area contributed by atoms with Gasteiger partial charge in [0.15, 0.2) is 0 Å². The highest BCUT2D eigenvalue weighted by Gasteiger charge is 2.40. The van der Waals surface area contributed by atoms with Crippen LogP contribution in [-0.2, 0) is 19.7 Å². The van der Waals surface area contributed by atoms with Gasteiger partial charge in [0, 0.05) is 29.5 Å². The number of aromatic nitrogens is 2. The first-order chi connectivity index (χ1) is 16.7. The number of benzene rings is 1. The summed E-state index contributed by atoms with van der Waals surface area (Å²) in [6.07, 6.45) is 0. The van der Waals surface area contributed by atoms with E-state index in [0.29, 0.717) is 19.0 Å². The molecule has 0 radical (unpaired) electrons. The number of amides is 2. The van der Waals surface area contributed by atoms with Crippen LogP contribution in [0, 0.1) is 6.92 Å². The Labute approximate surface area is 214 Å². The SMILES string of the molecule is COCCNC(=O)CN1C(=O)CS[C@H](c2cccs2)c2c(C(C)(C)C)nn(-c3ccc(C)cc3)c21. The van der Waals surface area contributed by atoms with Gasteiger partial charge in [0.1, 0.15) is 12.4 Å². The number of thiophene rings is 1. The molecule has 1 aromatic carbocycles. The lowest BCUT2D eigenvalue weighted by molar-refractivity contribution is -0.123. The third kappa shape index (κ3) is 5.47. The van der Waals surface area contributed by atoms with Crippen molar-refractivity contribution in [3.63, 3.8) is 0 Å². The summed E-state index contributed by atoms with van der Waals surface area (Å²) < 4.78 is 6.90. The van der Waals surface area contributed by atoms with Gasteiger partial charge in [-0.2, -0.15) is 5.10 Å². The number of hydrogen-bond donors (Lipinski definition) is 1. The van der Waals surface area contributed by atoms with Gasteiger partial charge < -0.3 is 10.1 Å². The number of methoxy groups -OCH3 is 1. The zero-order valence-corrected chi connectivity index (χ0v) is 22.5. The first kappa shape index (κ1) is 25.5. The van der Waals surface area contributed by atoms with Gasteiger partial charge in [0.25, 0.3) is 0 Å². The number of aryl methyl sites for hydroxylation is 1. The molecule has 3 aromatic rings. The molecular weight excluding hydrogens is 480 g/mol. The maximum atomic E-state index is 13.5. The standard InChI is InChI=1S/C26H32N4O3S2/c1-17-8-10-18(11-9-17)30-25-22(24(28-30)26(2,3)4)23(19-7-6-14-34-19)35-16-21(32)29(25)15-20(31)27-12-13-33-5/h6-11,14,23H,12-13,15-16H2,1-5H3,(H,27,31)/t23-/m1/s1. The van der Waals surface area contributed by atoms with Crippen LogP contribution < -0.4 is 10.2 Å². The number of anilines is 1. The van der Waals surface area contributed by atoms with Gasteiger partial charge in [-0.15, -0.1) is 23.1 Å². The topological polar surface area (TPSA) is 76.5 Å². The highest BCUT2D eigenvalue weighted by Crippen LogP contribution is 2.49. The van der Waals surface area contributed by atoms with E-state index in [1.807, 2.05) is 41.9 Å². The fourth-order valence-corrected chi connectivity index (χ4v) is 6.27.